The topological polar surface area (TPSA) is 76.3 Å². The van der Waals surface area contributed by atoms with E-state index in [1.165, 1.54) is 9.13 Å². The quantitative estimate of drug-likeness (QED) is 0.742. The third-order valence-electron chi connectivity index (χ3n) is 5.43. The number of para-hydroxylation sites is 3. The van der Waals surface area contributed by atoms with Crippen LogP contribution in [0.25, 0.3) is 11.0 Å². The summed E-state index contributed by atoms with van der Waals surface area (Å²) < 4.78 is 2.97. The number of aryl methyl sites for hydroxylation is 1. The number of imidazole rings is 1. The Hall–Kier alpha value is -3.35. The summed E-state index contributed by atoms with van der Waals surface area (Å²) >= 11 is 0. The molecule has 1 saturated heterocycles. The van der Waals surface area contributed by atoms with Gasteiger partial charge in [0.25, 0.3) is 5.91 Å². The van der Waals surface area contributed by atoms with Crippen molar-refractivity contribution in [2.45, 2.75) is 25.8 Å². The van der Waals surface area contributed by atoms with Crippen molar-refractivity contribution in [3.05, 3.63) is 64.6 Å². The lowest BCUT2D eigenvalue weighted by atomic mass is 10.1. The van der Waals surface area contributed by atoms with Gasteiger partial charge in [0.05, 0.1) is 22.3 Å². The van der Waals surface area contributed by atoms with Crippen LogP contribution in [-0.2, 0) is 18.4 Å². The highest BCUT2D eigenvalue weighted by molar-refractivity contribution is 6.03. The third kappa shape index (κ3) is 3.68. The summed E-state index contributed by atoms with van der Waals surface area (Å²) in [5.41, 5.74) is 2.17. The monoisotopic (exact) mass is 392 g/mol. The van der Waals surface area contributed by atoms with Crippen molar-refractivity contribution in [2.24, 2.45) is 7.05 Å². The van der Waals surface area contributed by atoms with E-state index in [1.54, 1.807) is 31.3 Å². The molecule has 4 rings (SSSR count). The van der Waals surface area contributed by atoms with Gasteiger partial charge in [0, 0.05) is 20.1 Å². The summed E-state index contributed by atoms with van der Waals surface area (Å²) in [5, 5.41) is 2.82. The van der Waals surface area contributed by atoms with Crippen LogP contribution in [0.1, 0.15) is 29.6 Å². The molecule has 2 heterocycles. The molecule has 0 spiro atoms. The number of amides is 2. The van der Waals surface area contributed by atoms with Gasteiger partial charge >= 0.3 is 5.69 Å². The summed E-state index contributed by atoms with van der Waals surface area (Å²) in [6, 6.07) is 14.4. The molecule has 0 atom stereocenters. The standard InChI is InChI=1S/C22H24N4O3/c1-24-18-11-5-6-12-19(18)26(22(24)29)15-20(27)23-17-10-4-3-9-16(17)21(28)25-13-7-2-8-14-25/h3-6,9-12H,2,7-8,13-15H2,1H3,(H,23,27). The number of benzene rings is 2. The van der Waals surface area contributed by atoms with E-state index in [1.807, 2.05) is 29.2 Å². The van der Waals surface area contributed by atoms with Crippen LogP contribution in [-0.4, -0.2) is 38.9 Å². The molecule has 2 aromatic carbocycles. The predicted octanol–water partition coefficient (Wildman–Crippen LogP) is 2.60. The zero-order valence-electron chi connectivity index (χ0n) is 16.4. The van der Waals surface area contributed by atoms with E-state index in [0.717, 1.165) is 37.9 Å². The number of carbonyl (C=O) groups excluding carboxylic acids is 2. The zero-order chi connectivity index (χ0) is 20.4. The summed E-state index contributed by atoms with van der Waals surface area (Å²) in [5.74, 6) is -0.412. The predicted molar refractivity (Wildman–Crippen MR) is 112 cm³/mol. The van der Waals surface area contributed by atoms with Crippen LogP contribution in [0.2, 0.25) is 0 Å². The largest absolute Gasteiger partial charge is 0.339 e. The SMILES string of the molecule is Cn1c(=O)n(CC(=O)Nc2ccccc2C(=O)N2CCCCC2)c2ccccc21. The molecule has 1 aliphatic rings. The van der Waals surface area contributed by atoms with Crippen LogP contribution in [0.15, 0.2) is 53.3 Å². The molecule has 1 fully saturated rings. The number of aromatic nitrogens is 2. The highest BCUT2D eigenvalue weighted by atomic mass is 16.2. The molecule has 150 valence electrons. The van der Waals surface area contributed by atoms with Gasteiger partial charge in [-0.3, -0.25) is 18.7 Å². The molecular weight excluding hydrogens is 368 g/mol. The normalized spacial score (nSPS) is 14.2. The fourth-order valence-corrected chi connectivity index (χ4v) is 3.90. The summed E-state index contributed by atoms with van der Waals surface area (Å²) in [6.07, 6.45) is 3.15. The molecule has 1 N–H and O–H groups in total. The average Bonchev–Trinajstić information content (AvgIpc) is 2.99. The fraction of sp³-hybridized carbons (Fsp3) is 0.318. The Morgan fingerprint density at radius 1 is 0.931 bits per heavy atom. The summed E-state index contributed by atoms with van der Waals surface area (Å²) in [7, 11) is 1.69. The Morgan fingerprint density at radius 3 is 2.34 bits per heavy atom. The van der Waals surface area contributed by atoms with Crippen molar-refractivity contribution in [1.29, 1.82) is 0 Å². The molecular formula is C22H24N4O3. The maximum Gasteiger partial charge on any atom is 0.329 e. The van der Waals surface area contributed by atoms with Crippen LogP contribution in [0, 0.1) is 0 Å². The minimum absolute atomic E-state index is 0.0667. The number of rotatable bonds is 4. The van der Waals surface area contributed by atoms with Crippen LogP contribution >= 0.6 is 0 Å². The number of hydrogen-bond acceptors (Lipinski definition) is 3. The first-order valence-corrected chi connectivity index (χ1v) is 9.88. The van der Waals surface area contributed by atoms with Gasteiger partial charge < -0.3 is 10.2 Å². The van der Waals surface area contributed by atoms with Crippen LogP contribution in [0.3, 0.4) is 0 Å². The molecule has 0 aliphatic carbocycles. The van der Waals surface area contributed by atoms with Crippen molar-refractivity contribution in [3.63, 3.8) is 0 Å². The summed E-state index contributed by atoms with van der Waals surface area (Å²) in [6.45, 7) is 1.37. The van der Waals surface area contributed by atoms with Gasteiger partial charge in [-0.25, -0.2) is 4.79 Å². The lowest BCUT2D eigenvalue weighted by molar-refractivity contribution is -0.116. The Morgan fingerprint density at radius 2 is 1.59 bits per heavy atom. The second-order valence-electron chi connectivity index (χ2n) is 7.36. The first kappa shape index (κ1) is 19.0. The number of piperidine rings is 1. The van der Waals surface area contributed by atoms with E-state index < -0.39 is 0 Å². The van der Waals surface area contributed by atoms with Crippen LogP contribution in [0.4, 0.5) is 5.69 Å². The molecule has 1 aromatic heterocycles. The maximum atomic E-state index is 12.9. The Kier molecular flexibility index (Phi) is 5.20. The molecule has 0 unspecified atom stereocenters. The van der Waals surface area contributed by atoms with E-state index in [-0.39, 0.29) is 24.0 Å². The van der Waals surface area contributed by atoms with Gasteiger partial charge in [-0.1, -0.05) is 24.3 Å². The van der Waals surface area contributed by atoms with Gasteiger partial charge in [0.2, 0.25) is 5.91 Å². The Balaban J connectivity index is 1.56. The number of anilines is 1. The molecule has 29 heavy (non-hydrogen) atoms. The first-order valence-electron chi connectivity index (χ1n) is 9.88. The van der Waals surface area contributed by atoms with Crippen molar-refractivity contribution in [3.8, 4) is 0 Å². The molecule has 0 bridgehead atoms. The van der Waals surface area contributed by atoms with Gasteiger partial charge in [-0.2, -0.15) is 0 Å². The molecule has 2 amide bonds. The van der Waals surface area contributed by atoms with Crippen LogP contribution in [0.5, 0.6) is 0 Å². The molecule has 0 saturated carbocycles. The Labute approximate surface area is 168 Å². The molecule has 3 aromatic rings. The van der Waals surface area contributed by atoms with E-state index >= 15 is 0 Å². The number of carbonyl (C=O) groups is 2. The summed E-state index contributed by atoms with van der Waals surface area (Å²) in [4.78, 5) is 40.0. The highest BCUT2D eigenvalue weighted by Gasteiger charge is 2.21. The zero-order valence-corrected chi connectivity index (χ0v) is 16.4. The maximum absolute atomic E-state index is 12.9. The van der Waals surface area contributed by atoms with Crippen molar-refractivity contribution in [2.75, 3.05) is 18.4 Å². The lowest BCUT2D eigenvalue weighted by Gasteiger charge is -2.27. The van der Waals surface area contributed by atoms with Gasteiger partial charge in [0.15, 0.2) is 0 Å². The number of hydrogen-bond donors (Lipinski definition) is 1. The molecule has 0 radical (unpaired) electrons. The average molecular weight is 392 g/mol. The number of likely N-dealkylation sites (tertiary alicyclic amines) is 1. The van der Waals surface area contributed by atoms with Gasteiger partial charge in [-0.15, -0.1) is 0 Å². The third-order valence-corrected chi connectivity index (χ3v) is 5.43. The van der Waals surface area contributed by atoms with E-state index in [9.17, 15) is 14.4 Å². The van der Waals surface area contributed by atoms with Crippen molar-refractivity contribution in [1.82, 2.24) is 14.0 Å². The van der Waals surface area contributed by atoms with E-state index in [2.05, 4.69) is 5.32 Å². The highest BCUT2D eigenvalue weighted by Crippen LogP contribution is 2.20. The number of nitrogens with zero attached hydrogens (tertiary/aromatic N) is 3. The van der Waals surface area contributed by atoms with Crippen molar-refractivity contribution >= 4 is 28.5 Å². The smallest absolute Gasteiger partial charge is 0.329 e. The first-order chi connectivity index (χ1) is 14.1. The van der Waals surface area contributed by atoms with Crippen molar-refractivity contribution < 1.29 is 9.59 Å². The molecule has 1 aliphatic heterocycles. The number of fused-ring (bicyclic) bond motifs is 1. The minimum Gasteiger partial charge on any atom is -0.339 e. The van der Waals surface area contributed by atoms with E-state index in [0.29, 0.717) is 16.8 Å². The number of nitrogens with one attached hydrogen (secondary N) is 1. The van der Waals surface area contributed by atoms with E-state index in [4.69, 9.17) is 0 Å². The van der Waals surface area contributed by atoms with Crippen LogP contribution < -0.4 is 11.0 Å². The molecule has 7 heteroatoms. The minimum atomic E-state index is -0.345. The fourth-order valence-electron chi connectivity index (χ4n) is 3.90. The Bertz CT molecular complexity index is 1120. The second-order valence-corrected chi connectivity index (χ2v) is 7.36. The molecule has 7 nitrogen and oxygen atoms in total. The van der Waals surface area contributed by atoms with Gasteiger partial charge in [-0.05, 0) is 43.5 Å². The van der Waals surface area contributed by atoms with Gasteiger partial charge in [0.1, 0.15) is 6.54 Å². The second kappa shape index (κ2) is 7.95. The lowest BCUT2D eigenvalue weighted by Crippen LogP contribution is -2.36.